The molecule has 0 bridgehead atoms. The lowest BCUT2D eigenvalue weighted by atomic mass is 10.1. The maximum atomic E-state index is 15.7. The number of halogens is 2. The number of rotatable bonds is 11. The first kappa shape index (κ1) is 32.4. The molecule has 2 fully saturated rings. The predicted molar refractivity (Wildman–Crippen MR) is 149 cm³/mol. The van der Waals surface area contributed by atoms with E-state index in [1.54, 1.807) is 0 Å². The van der Waals surface area contributed by atoms with Crippen molar-refractivity contribution in [3.05, 3.63) is 29.3 Å². The Morgan fingerprint density at radius 2 is 1.67 bits per heavy atom. The van der Waals surface area contributed by atoms with Crippen molar-refractivity contribution in [3.63, 3.8) is 0 Å². The van der Waals surface area contributed by atoms with Crippen molar-refractivity contribution >= 4 is 49.9 Å². The highest BCUT2D eigenvalue weighted by Gasteiger charge is 2.52. The van der Waals surface area contributed by atoms with Gasteiger partial charge in [0.05, 0.1) is 25.9 Å². The Kier molecular flexibility index (Phi) is 8.89. The molecule has 2 aliphatic rings. The van der Waals surface area contributed by atoms with Crippen LogP contribution >= 0.6 is 15.9 Å². The van der Waals surface area contributed by atoms with Crippen LogP contribution in [0.5, 0.6) is 0 Å². The van der Waals surface area contributed by atoms with Crippen molar-refractivity contribution in [2.75, 3.05) is 31.0 Å². The summed E-state index contributed by atoms with van der Waals surface area (Å²) in [5, 5.41) is 9.81. The number of H-pyrrole nitrogens is 1. The van der Waals surface area contributed by atoms with Crippen LogP contribution in [0.1, 0.15) is 12.5 Å². The van der Waals surface area contributed by atoms with Crippen molar-refractivity contribution in [1.82, 2.24) is 39.0 Å². The topological polar surface area (TPSA) is 300 Å². The van der Waals surface area contributed by atoms with Gasteiger partial charge in [0.25, 0.3) is 5.56 Å². The number of imidazole rings is 2. The van der Waals surface area contributed by atoms with Crippen LogP contribution in [0, 0.1) is 0 Å². The van der Waals surface area contributed by atoms with Crippen LogP contribution in [0.3, 0.4) is 0 Å². The molecule has 0 amide bonds. The molecule has 0 radical (unpaired) electrons. The van der Waals surface area contributed by atoms with Crippen LogP contribution in [0.25, 0.3) is 22.3 Å². The van der Waals surface area contributed by atoms with Gasteiger partial charge in [-0.25, -0.2) is 33.3 Å². The smallest absolute Gasteiger partial charge is 0.394 e. The number of nitrogen functional groups attached to an aromatic ring is 2. The molecule has 6 heterocycles. The highest BCUT2D eigenvalue weighted by atomic mass is 31.2. The average Bonchev–Trinajstić information content (AvgIpc) is 3.76. The van der Waals surface area contributed by atoms with E-state index in [2.05, 4.69) is 29.9 Å². The number of hydrogen-bond acceptors (Lipinski definition) is 16. The van der Waals surface area contributed by atoms with E-state index in [0.29, 0.717) is 0 Å². The Morgan fingerprint density at radius 3 is 2.37 bits per heavy atom. The second-order valence-corrected chi connectivity index (χ2v) is 12.5. The molecule has 0 aliphatic carbocycles. The molecule has 8 N–H and O–H groups in total. The summed E-state index contributed by atoms with van der Waals surface area (Å²) < 4.78 is 84.4. The van der Waals surface area contributed by atoms with E-state index in [4.69, 9.17) is 34.7 Å². The fourth-order valence-electron chi connectivity index (χ4n) is 5.15. The summed E-state index contributed by atoms with van der Waals surface area (Å²) in [5.41, 5.74) is 10.5. The van der Waals surface area contributed by atoms with Gasteiger partial charge in [-0.1, -0.05) is 0 Å². The Morgan fingerprint density at radius 1 is 1.02 bits per heavy atom. The molecule has 10 atom stereocenters. The van der Waals surface area contributed by atoms with Gasteiger partial charge in [-0.05, 0) is 0 Å². The number of anilines is 2. The normalized spacial score (nSPS) is 30.3. The third-order valence-electron chi connectivity index (χ3n) is 7.16. The number of ether oxygens (including phenoxy) is 3. The minimum absolute atomic E-state index is 0.00727. The van der Waals surface area contributed by atoms with Crippen molar-refractivity contribution < 1.29 is 56.1 Å². The highest BCUT2D eigenvalue weighted by Crippen LogP contribution is 2.50. The van der Waals surface area contributed by atoms with E-state index in [1.807, 2.05) is 0 Å². The summed E-state index contributed by atoms with van der Waals surface area (Å²) >= 11 is 0. The summed E-state index contributed by atoms with van der Waals surface area (Å²) in [6.07, 6.45) is -11.4. The lowest BCUT2D eigenvalue weighted by Gasteiger charge is -2.23. The summed E-state index contributed by atoms with van der Waals surface area (Å²) in [6.45, 7) is -1.75. The number of aromatic nitrogens is 8. The number of nitrogens with one attached hydrogen (secondary N) is 1. The number of phosphoric ester groups is 1. The summed E-state index contributed by atoms with van der Waals surface area (Å²) in [5.74, 6) is -0.297. The zero-order chi connectivity index (χ0) is 32.9. The van der Waals surface area contributed by atoms with Gasteiger partial charge in [0.2, 0.25) is 14.0 Å². The Labute approximate surface area is 254 Å². The second-order valence-electron chi connectivity index (χ2n) is 10.1. The van der Waals surface area contributed by atoms with Gasteiger partial charge in [0.1, 0.15) is 42.6 Å². The maximum Gasteiger partial charge on any atom is 0.472 e. The van der Waals surface area contributed by atoms with E-state index in [1.165, 1.54) is 0 Å². The van der Waals surface area contributed by atoms with Crippen LogP contribution in [-0.2, 0) is 32.4 Å². The maximum absolute atomic E-state index is 15.7. The van der Waals surface area contributed by atoms with Crippen LogP contribution in [-0.4, -0.2) is 110 Å². The fraction of sp³-hybridized carbons (Fsp3) is 0.524. The van der Waals surface area contributed by atoms with Crippen molar-refractivity contribution in [3.8, 4) is 0 Å². The van der Waals surface area contributed by atoms with Gasteiger partial charge in [-0.2, -0.15) is 4.98 Å². The molecule has 25 heteroatoms. The molecule has 2 aliphatic heterocycles. The molecule has 21 nitrogen and oxygen atoms in total. The van der Waals surface area contributed by atoms with Gasteiger partial charge in [0.15, 0.2) is 47.4 Å². The minimum Gasteiger partial charge on any atom is -0.394 e. The number of aliphatic hydroxyl groups is 1. The van der Waals surface area contributed by atoms with Gasteiger partial charge in [0, 0.05) is 0 Å². The van der Waals surface area contributed by atoms with E-state index in [9.17, 15) is 28.8 Å². The summed E-state index contributed by atoms with van der Waals surface area (Å²) in [6, 6.07) is 0. The first-order valence-corrected chi connectivity index (χ1v) is 16.3. The Balaban J connectivity index is 1.19. The number of fused-ring (bicyclic) bond motifs is 2. The zero-order valence-electron chi connectivity index (χ0n) is 23.1. The molecule has 250 valence electrons. The minimum atomic E-state index is -5.22. The lowest BCUT2D eigenvalue weighted by molar-refractivity contribution is -0.0618. The van der Waals surface area contributed by atoms with Gasteiger partial charge >= 0.3 is 7.82 Å². The standard InChI is InChI=1S/C21H26F2N10O11P2/c22-9-13(40-6-45(36)37)8(43-19(9)33-5-29-12-17(33)30-21(25)31-18(12)35)2-41-46(38,39)44-14-7(1-34)42-20(10(14)23)32-4-28-11-15(24)26-3-27-16(11)32/h3-5,7-10,13-14,19-20,34,45H,1-2,6H2,(H,36,37)(H,38,39)(H2,24,26,27)(H3,25,30,31,35)/t7-,8-,9?,10?,13?,14?,19-,20-/m1/s1. The molecule has 6 rings (SSSR count). The molecule has 4 aromatic heterocycles. The average molecular weight is 694 g/mol. The predicted octanol–water partition coefficient (Wildman–Crippen LogP) is -1.10. The molecule has 0 spiro atoms. The van der Waals surface area contributed by atoms with Gasteiger partial charge in [-0.3, -0.25) is 32.5 Å². The molecule has 2 saturated heterocycles. The molecular weight excluding hydrogens is 668 g/mol. The van der Waals surface area contributed by atoms with Crippen LogP contribution in [0.4, 0.5) is 20.5 Å². The zero-order valence-corrected chi connectivity index (χ0v) is 25.0. The van der Waals surface area contributed by atoms with Crippen molar-refractivity contribution in [2.24, 2.45) is 0 Å². The fourth-order valence-corrected chi connectivity index (χ4v) is 6.44. The monoisotopic (exact) mass is 694 g/mol. The number of nitrogens with two attached hydrogens (primary N) is 2. The first-order chi connectivity index (χ1) is 21.9. The molecule has 0 aromatic carbocycles. The van der Waals surface area contributed by atoms with Crippen molar-refractivity contribution in [1.29, 1.82) is 0 Å². The molecule has 4 aromatic rings. The number of aromatic amines is 1. The molecule has 46 heavy (non-hydrogen) atoms. The third kappa shape index (κ3) is 6.01. The van der Waals surface area contributed by atoms with Crippen LogP contribution in [0.2, 0.25) is 0 Å². The Hall–Kier alpha value is -3.50. The van der Waals surface area contributed by atoms with E-state index in [-0.39, 0.29) is 34.1 Å². The highest BCUT2D eigenvalue weighted by molar-refractivity contribution is 7.47. The number of hydrogen-bond donors (Lipinski definition) is 6. The largest absolute Gasteiger partial charge is 0.472 e. The second kappa shape index (κ2) is 12.6. The Bertz CT molecular complexity index is 1880. The van der Waals surface area contributed by atoms with E-state index < -0.39 is 90.2 Å². The van der Waals surface area contributed by atoms with Gasteiger partial charge in [-0.15, -0.1) is 0 Å². The number of phosphoric acid groups is 1. The van der Waals surface area contributed by atoms with E-state index >= 15 is 8.78 Å². The number of aliphatic hydroxyl groups excluding tert-OH is 1. The quantitative estimate of drug-likeness (QED) is 0.101. The SMILES string of the molecule is Nc1nc2c(ncn2[C@@H]2O[C@H](COP(=O)(O)OC3C(F)[C@H](n4cnc5c(N)ncnc54)O[C@@H]3CO)C(OC[PH](=O)O)C2F)c(=O)[nH]1. The molecule has 0 saturated carbocycles. The molecular formula is C21H26F2N10O11P2. The third-order valence-corrected chi connectivity index (χ3v) is 8.55. The van der Waals surface area contributed by atoms with Gasteiger partial charge < -0.3 is 40.6 Å². The molecule has 6 unspecified atom stereocenters. The summed E-state index contributed by atoms with van der Waals surface area (Å²) in [4.78, 5) is 53.8. The van der Waals surface area contributed by atoms with Crippen LogP contribution in [0.15, 0.2) is 23.8 Å². The first-order valence-electron chi connectivity index (χ1n) is 13.2. The summed E-state index contributed by atoms with van der Waals surface area (Å²) in [7, 11) is -8.47. The number of nitrogens with zero attached hydrogens (tertiary/aromatic N) is 7. The van der Waals surface area contributed by atoms with E-state index in [0.717, 1.165) is 28.1 Å². The van der Waals surface area contributed by atoms with Crippen LogP contribution < -0.4 is 17.0 Å². The lowest BCUT2D eigenvalue weighted by Crippen LogP contribution is -2.35. The van der Waals surface area contributed by atoms with Crippen molar-refractivity contribution in [2.45, 2.75) is 49.2 Å². The number of alkyl halides is 2.